The van der Waals surface area contributed by atoms with E-state index in [0.29, 0.717) is 12.0 Å². The van der Waals surface area contributed by atoms with E-state index < -0.39 is 0 Å². The van der Waals surface area contributed by atoms with Crippen molar-refractivity contribution in [3.8, 4) is 0 Å². The van der Waals surface area contributed by atoms with Gasteiger partial charge in [-0.15, -0.1) is 0 Å². The van der Waals surface area contributed by atoms with Crippen molar-refractivity contribution in [3.63, 3.8) is 0 Å². The van der Waals surface area contributed by atoms with Gasteiger partial charge >= 0.3 is 0 Å². The minimum Gasteiger partial charge on any atom is -0.291 e. The van der Waals surface area contributed by atoms with Crippen molar-refractivity contribution < 1.29 is 9.60 Å². The summed E-state index contributed by atoms with van der Waals surface area (Å²) in [5, 5.41) is 9.03. The number of hydroxylamine groups is 1. The summed E-state index contributed by atoms with van der Waals surface area (Å²) in [5.41, 5.74) is 2.47. The first-order chi connectivity index (χ1) is 7.25. The third kappa shape index (κ3) is 1.32. The fourth-order valence-corrected chi connectivity index (χ4v) is 4.70. The highest BCUT2D eigenvalue weighted by Crippen LogP contribution is 2.62. The molecule has 0 radical (unpaired) electrons. The lowest BCUT2D eigenvalue weighted by Crippen LogP contribution is -2.48. The summed E-state index contributed by atoms with van der Waals surface area (Å²) in [6.07, 6.45) is 7.80. The maximum Gasteiger partial charge on any atom is 0.108 e. The van der Waals surface area contributed by atoms with E-state index in [-0.39, 0.29) is 5.41 Å². The van der Waals surface area contributed by atoms with Crippen LogP contribution in [0, 0.1) is 23.2 Å². The van der Waals surface area contributed by atoms with E-state index in [0.717, 1.165) is 37.0 Å². The van der Waals surface area contributed by atoms with Crippen LogP contribution >= 0.6 is 0 Å². The molecule has 0 aromatic heterocycles. The molecule has 0 spiro atoms. The Kier molecular flexibility index (Phi) is 2.06. The van der Waals surface area contributed by atoms with Crippen molar-refractivity contribution in [1.29, 1.82) is 0 Å². The van der Waals surface area contributed by atoms with Crippen LogP contribution in [0.5, 0.6) is 0 Å². The topological polar surface area (TPSA) is 32.3 Å². The van der Waals surface area contributed by atoms with Crippen molar-refractivity contribution in [2.75, 3.05) is 0 Å². The number of hydrogen-bond donors (Lipinski definition) is 2. The normalized spacial score (nSPS) is 48.4. The summed E-state index contributed by atoms with van der Waals surface area (Å²) < 4.78 is 12.8. The van der Waals surface area contributed by atoms with Crippen LogP contribution in [0.25, 0.3) is 0 Å². The molecule has 2 nitrogen and oxygen atoms in total. The van der Waals surface area contributed by atoms with Crippen molar-refractivity contribution >= 4 is 0 Å². The molecular formula is C12H18FNO. The van der Waals surface area contributed by atoms with Crippen molar-refractivity contribution in [2.24, 2.45) is 23.2 Å². The van der Waals surface area contributed by atoms with Gasteiger partial charge in [0.05, 0.1) is 5.70 Å². The SMILES string of the molecule is ONC(=CF)C12CC3CC(CC(C3)C1)C2. The third-order valence-electron chi connectivity index (χ3n) is 4.84. The van der Waals surface area contributed by atoms with Gasteiger partial charge in [-0.1, -0.05) is 0 Å². The van der Waals surface area contributed by atoms with Crippen LogP contribution in [0.2, 0.25) is 0 Å². The molecule has 84 valence electrons. The van der Waals surface area contributed by atoms with Gasteiger partial charge in [0.2, 0.25) is 0 Å². The van der Waals surface area contributed by atoms with Crippen LogP contribution in [0.4, 0.5) is 4.39 Å². The van der Waals surface area contributed by atoms with Gasteiger partial charge in [0.25, 0.3) is 0 Å². The average Bonchev–Trinajstić information content (AvgIpc) is 2.16. The number of hydrogen-bond acceptors (Lipinski definition) is 2. The number of nitrogens with one attached hydrogen (secondary N) is 1. The van der Waals surface area contributed by atoms with E-state index in [9.17, 15) is 4.39 Å². The van der Waals surface area contributed by atoms with Crippen LogP contribution in [0.1, 0.15) is 38.5 Å². The highest BCUT2D eigenvalue weighted by atomic mass is 19.1. The standard InChI is InChI=1S/C12H18FNO/c13-7-11(14-15)12-4-8-1-9(5-12)3-10(2-8)6-12/h7-10,14-15H,1-6H2. The molecule has 4 bridgehead atoms. The molecule has 0 aromatic carbocycles. The summed E-state index contributed by atoms with van der Waals surface area (Å²) in [6, 6.07) is 0. The fourth-order valence-electron chi connectivity index (χ4n) is 4.70. The van der Waals surface area contributed by atoms with E-state index >= 15 is 0 Å². The van der Waals surface area contributed by atoms with Gasteiger partial charge in [0, 0.05) is 5.41 Å². The number of allylic oxidation sites excluding steroid dienone is 1. The zero-order chi connectivity index (χ0) is 10.5. The molecule has 0 aliphatic heterocycles. The molecule has 15 heavy (non-hydrogen) atoms. The van der Waals surface area contributed by atoms with Crippen molar-refractivity contribution in [3.05, 3.63) is 12.0 Å². The Morgan fingerprint density at radius 2 is 1.60 bits per heavy atom. The van der Waals surface area contributed by atoms with E-state index in [1.165, 1.54) is 19.3 Å². The quantitative estimate of drug-likeness (QED) is 0.688. The lowest BCUT2D eigenvalue weighted by Gasteiger charge is -2.57. The minimum absolute atomic E-state index is 0.0573. The lowest BCUT2D eigenvalue weighted by atomic mass is 9.49. The van der Waals surface area contributed by atoms with Crippen LogP contribution in [0.3, 0.4) is 0 Å². The molecule has 4 saturated carbocycles. The Morgan fingerprint density at radius 1 is 1.13 bits per heavy atom. The summed E-state index contributed by atoms with van der Waals surface area (Å²) in [6.45, 7) is 0. The van der Waals surface area contributed by atoms with Crippen LogP contribution in [-0.4, -0.2) is 5.21 Å². The van der Waals surface area contributed by atoms with Gasteiger partial charge in [0.15, 0.2) is 0 Å². The van der Waals surface area contributed by atoms with Crippen molar-refractivity contribution in [2.45, 2.75) is 38.5 Å². The van der Waals surface area contributed by atoms with Crippen LogP contribution in [-0.2, 0) is 0 Å². The second-order valence-corrected chi connectivity index (χ2v) is 5.83. The van der Waals surface area contributed by atoms with Gasteiger partial charge in [-0.25, -0.2) is 4.39 Å². The van der Waals surface area contributed by atoms with Crippen molar-refractivity contribution in [1.82, 2.24) is 5.48 Å². The van der Waals surface area contributed by atoms with Gasteiger partial charge in [-0.3, -0.25) is 10.7 Å². The zero-order valence-corrected chi connectivity index (χ0v) is 8.88. The molecule has 0 atom stereocenters. The second-order valence-electron chi connectivity index (χ2n) is 5.83. The molecular weight excluding hydrogens is 193 g/mol. The summed E-state index contributed by atoms with van der Waals surface area (Å²) in [7, 11) is 0. The maximum absolute atomic E-state index is 12.8. The maximum atomic E-state index is 12.8. The first-order valence-electron chi connectivity index (χ1n) is 5.97. The Bertz CT molecular complexity index is 265. The van der Waals surface area contributed by atoms with Crippen LogP contribution in [0.15, 0.2) is 12.0 Å². The molecule has 4 fully saturated rings. The predicted octanol–water partition coefficient (Wildman–Crippen LogP) is 2.99. The highest BCUT2D eigenvalue weighted by molar-refractivity contribution is 5.16. The first-order valence-corrected chi connectivity index (χ1v) is 5.97. The molecule has 0 aromatic rings. The largest absolute Gasteiger partial charge is 0.291 e. The Morgan fingerprint density at radius 3 is 1.93 bits per heavy atom. The van der Waals surface area contributed by atoms with E-state index in [2.05, 4.69) is 5.48 Å². The van der Waals surface area contributed by atoms with Crippen LogP contribution < -0.4 is 5.48 Å². The fraction of sp³-hybridized carbons (Fsp3) is 0.833. The van der Waals surface area contributed by atoms with Gasteiger partial charge < -0.3 is 0 Å². The van der Waals surface area contributed by atoms with E-state index in [1.54, 1.807) is 0 Å². The monoisotopic (exact) mass is 211 g/mol. The van der Waals surface area contributed by atoms with Gasteiger partial charge in [-0.2, -0.15) is 0 Å². The van der Waals surface area contributed by atoms with Gasteiger partial charge in [0.1, 0.15) is 6.33 Å². The molecule has 0 heterocycles. The second kappa shape index (κ2) is 3.21. The molecule has 0 saturated heterocycles. The number of rotatable bonds is 2. The molecule has 4 aliphatic carbocycles. The zero-order valence-electron chi connectivity index (χ0n) is 8.88. The summed E-state index contributed by atoms with van der Waals surface area (Å²) in [4.78, 5) is 0. The third-order valence-corrected chi connectivity index (χ3v) is 4.84. The molecule has 0 unspecified atom stereocenters. The molecule has 2 N–H and O–H groups in total. The van der Waals surface area contributed by atoms with E-state index in [1.807, 2.05) is 0 Å². The molecule has 4 aliphatic rings. The van der Waals surface area contributed by atoms with E-state index in [4.69, 9.17) is 5.21 Å². The Labute approximate surface area is 89.5 Å². The predicted molar refractivity (Wildman–Crippen MR) is 54.7 cm³/mol. The smallest absolute Gasteiger partial charge is 0.108 e. The average molecular weight is 211 g/mol. The molecule has 3 heteroatoms. The summed E-state index contributed by atoms with van der Waals surface area (Å²) >= 11 is 0. The molecule has 0 amide bonds. The minimum atomic E-state index is -0.0573. The lowest BCUT2D eigenvalue weighted by molar-refractivity contribution is -0.0444. The number of halogens is 1. The highest BCUT2D eigenvalue weighted by Gasteiger charge is 2.52. The Balaban J connectivity index is 1.92. The molecule has 4 rings (SSSR count). The van der Waals surface area contributed by atoms with Gasteiger partial charge in [-0.05, 0) is 56.3 Å². The first kappa shape index (κ1) is 9.64. The Hall–Kier alpha value is -0.570. The summed E-state index contributed by atoms with van der Waals surface area (Å²) in [5.74, 6) is 2.33.